The molecule has 0 aromatic heterocycles. The molecule has 1 unspecified atom stereocenters. The van der Waals surface area contributed by atoms with E-state index >= 15 is 0 Å². The first-order valence-electron chi connectivity index (χ1n) is 12.2. The van der Waals surface area contributed by atoms with Crippen LogP contribution in [-0.4, -0.2) is 23.8 Å². The molecule has 1 heterocycles. The Bertz CT molecular complexity index is 1000. The standard InChI is InChI=1S/C27H35FN2O2/c1-16-14-17-19-8-7-12-26(19,2)13-11-20(17)27(3)15-18(25(32)30(4)23(16)27)24(31)29-22-10-6-5-9-21(22)28/h5-6,9-10,17-20H,7-8,11-15H2,1-4H3,(H,29,31)/t17-,18?,19-,20+,26-,27+/m0/s1. The van der Waals surface area contributed by atoms with Gasteiger partial charge in [0.1, 0.15) is 11.7 Å². The van der Waals surface area contributed by atoms with Gasteiger partial charge in [0.15, 0.2) is 0 Å². The molecule has 2 saturated carbocycles. The topological polar surface area (TPSA) is 49.4 Å². The summed E-state index contributed by atoms with van der Waals surface area (Å²) in [5, 5.41) is 2.69. The molecule has 0 bridgehead atoms. The fraction of sp³-hybridized carbons (Fsp3) is 0.630. The van der Waals surface area contributed by atoms with Crippen LogP contribution in [0.5, 0.6) is 0 Å². The van der Waals surface area contributed by atoms with E-state index in [1.165, 1.54) is 37.3 Å². The maximum atomic E-state index is 14.2. The molecule has 6 atom stereocenters. The zero-order valence-corrected chi connectivity index (χ0v) is 19.7. The summed E-state index contributed by atoms with van der Waals surface area (Å²) in [6, 6.07) is 6.14. The Morgan fingerprint density at radius 2 is 1.91 bits per heavy atom. The molecule has 172 valence electrons. The Kier molecular flexibility index (Phi) is 5.03. The fourth-order valence-electron chi connectivity index (χ4n) is 8.23. The van der Waals surface area contributed by atoms with Gasteiger partial charge in [0.2, 0.25) is 11.8 Å². The molecule has 5 rings (SSSR count). The molecular weight excluding hydrogens is 403 g/mol. The Balaban J connectivity index is 1.48. The van der Waals surface area contributed by atoms with Crippen molar-refractivity contribution in [3.05, 3.63) is 41.4 Å². The normalized spacial score (nSPS) is 38.8. The number of anilines is 1. The second kappa shape index (κ2) is 7.43. The van der Waals surface area contributed by atoms with Gasteiger partial charge < -0.3 is 10.2 Å². The lowest BCUT2D eigenvalue weighted by molar-refractivity contribution is -0.147. The number of likely N-dealkylation sites (tertiary alicyclic amines) is 1. The van der Waals surface area contributed by atoms with Gasteiger partial charge in [0.05, 0.1) is 5.69 Å². The predicted octanol–water partition coefficient (Wildman–Crippen LogP) is 5.76. The van der Waals surface area contributed by atoms with E-state index < -0.39 is 17.6 Å². The van der Waals surface area contributed by atoms with Gasteiger partial charge in [-0.2, -0.15) is 0 Å². The number of allylic oxidation sites excluding steroid dienone is 2. The second-order valence-electron chi connectivity index (χ2n) is 11.3. The highest BCUT2D eigenvalue weighted by Crippen LogP contribution is 2.65. The van der Waals surface area contributed by atoms with Gasteiger partial charge in [-0.25, -0.2) is 4.39 Å². The molecule has 1 aromatic carbocycles. The first kappa shape index (κ1) is 21.7. The van der Waals surface area contributed by atoms with E-state index in [4.69, 9.17) is 0 Å². The molecule has 4 nitrogen and oxygen atoms in total. The van der Waals surface area contributed by atoms with Crippen molar-refractivity contribution in [3.63, 3.8) is 0 Å². The molecule has 3 fully saturated rings. The summed E-state index contributed by atoms with van der Waals surface area (Å²) >= 11 is 0. The quantitative estimate of drug-likeness (QED) is 0.597. The molecule has 1 N–H and O–H groups in total. The zero-order chi connectivity index (χ0) is 22.8. The Morgan fingerprint density at radius 3 is 2.66 bits per heavy atom. The van der Waals surface area contributed by atoms with Crippen LogP contribution in [0, 0.1) is 40.3 Å². The van der Waals surface area contributed by atoms with Gasteiger partial charge >= 0.3 is 0 Å². The molecule has 1 saturated heterocycles. The average Bonchev–Trinajstić information content (AvgIpc) is 3.14. The molecular formula is C27H35FN2O2. The van der Waals surface area contributed by atoms with Crippen LogP contribution in [0.25, 0.3) is 0 Å². The van der Waals surface area contributed by atoms with Crippen LogP contribution in [-0.2, 0) is 9.59 Å². The van der Waals surface area contributed by atoms with Crippen molar-refractivity contribution in [2.45, 2.75) is 65.7 Å². The number of nitrogens with one attached hydrogen (secondary N) is 1. The number of carbonyl (C=O) groups excluding carboxylic acids is 2. The van der Waals surface area contributed by atoms with Gasteiger partial charge in [-0.1, -0.05) is 38.0 Å². The molecule has 1 aromatic rings. The van der Waals surface area contributed by atoms with E-state index in [1.54, 1.807) is 23.1 Å². The third-order valence-corrected chi connectivity index (χ3v) is 9.56. The highest BCUT2D eigenvalue weighted by atomic mass is 19.1. The van der Waals surface area contributed by atoms with Gasteiger partial charge in [0.25, 0.3) is 0 Å². The number of halogens is 1. The molecule has 32 heavy (non-hydrogen) atoms. The number of para-hydroxylation sites is 1. The summed E-state index contributed by atoms with van der Waals surface area (Å²) in [4.78, 5) is 28.3. The van der Waals surface area contributed by atoms with Gasteiger partial charge in [-0.05, 0) is 80.8 Å². The largest absolute Gasteiger partial charge is 0.323 e. The lowest BCUT2D eigenvalue weighted by atomic mass is 9.48. The maximum absolute atomic E-state index is 14.2. The summed E-state index contributed by atoms with van der Waals surface area (Å²) in [7, 11) is 1.82. The molecule has 0 spiro atoms. The molecule has 5 heteroatoms. The van der Waals surface area contributed by atoms with Crippen LogP contribution in [0.1, 0.15) is 65.7 Å². The van der Waals surface area contributed by atoms with E-state index in [-0.39, 0.29) is 17.0 Å². The highest BCUT2D eigenvalue weighted by molar-refractivity contribution is 6.07. The van der Waals surface area contributed by atoms with Gasteiger partial charge in [-0.15, -0.1) is 0 Å². The van der Waals surface area contributed by atoms with Crippen molar-refractivity contribution < 1.29 is 14.0 Å². The smallest absolute Gasteiger partial charge is 0.239 e. The Morgan fingerprint density at radius 1 is 1.16 bits per heavy atom. The van der Waals surface area contributed by atoms with E-state index in [0.717, 1.165) is 24.5 Å². The van der Waals surface area contributed by atoms with Crippen LogP contribution in [0.3, 0.4) is 0 Å². The number of benzene rings is 1. The molecule has 4 aliphatic rings. The SMILES string of the molecule is CC1=C2N(C)C(=O)C(C(=O)Nc3ccccc3F)C[C@]2(C)[C@@H]2CC[C@]3(C)CCC[C@H]3[C@@H]2C1. The number of rotatable bonds is 2. The van der Waals surface area contributed by atoms with Crippen molar-refractivity contribution in [2.75, 3.05) is 12.4 Å². The summed E-state index contributed by atoms with van der Waals surface area (Å²) in [6.45, 7) is 6.96. The molecule has 1 aliphatic heterocycles. The highest BCUT2D eigenvalue weighted by Gasteiger charge is 2.60. The van der Waals surface area contributed by atoms with E-state index in [0.29, 0.717) is 23.7 Å². The Labute approximate surface area is 190 Å². The summed E-state index contributed by atoms with van der Waals surface area (Å²) in [5.41, 5.74) is 2.83. The van der Waals surface area contributed by atoms with Gasteiger partial charge in [0, 0.05) is 18.2 Å². The lowest BCUT2D eigenvalue weighted by Crippen LogP contribution is -2.57. The second-order valence-corrected chi connectivity index (χ2v) is 11.3. The van der Waals surface area contributed by atoms with Crippen LogP contribution in [0.15, 0.2) is 35.5 Å². The number of hydrogen-bond donors (Lipinski definition) is 1. The minimum atomic E-state index is -0.795. The summed E-state index contributed by atoms with van der Waals surface area (Å²) < 4.78 is 14.2. The monoisotopic (exact) mass is 438 g/mol. The predicted molar refractivity (Wildman–Crippen MR) is 123 cm³/mol. The van der Waals surface area contributed by atoms with Crippen LogP contribution in [0.4, 0.5) is 10.1 Å². The molecule has 2 amide bonds. The molecule has 3 aliphatic carbocycles. The number of nitrogens with zero attached hydrogens (tertiary/aromatic N) is 1. The molecule has 0 radical (unpaired) electrons. The summed E-state index contributed by atoms with van der Waals surface area (Å²) in [6.07, 6.45) is 7.94. The van der Waals surface area contributed by atoms with E-state index in [1.807, 2.05) is 7.05 Å². The van der Waals surface area contributed by atoms with Crippen LogP contribution in [0.2, 0.25) is 0 Å². The summed E-state index contributed by atoms with van der Waals surface area (Å²) in [5.74, 6) is 0.00309. The first-order chi connectivity index (χ1) is 15.2. The third-order valence-electron chi connectivity index (χ3n) is 9.56. The minimum Gasteiger partial charge on any atom is -0.323 e. The van der Waals surface area contributed by atoms with Crippen molar-refractivity contribution in [1.82, 2.24) is 4.90 Å². The number of fused-ring (bicyclic) bond motifs is 5. The number of piperidine rings is 1. The maximum Gasteiger partial charge on any atom is 0.239 e. The van der Waals surface area contributed by atoms with E-state index in [2.05, 4.69) is 26.1 Å². The van der Waals surface area contributed by atoms with Crippen molar-refractivity contribution >= 4 is 17.5 Å². The third kappa shape index (κ3) is 3.07. The minimum absolute atomic E-state index is 0.136. The van der Waals surface area contributed by atoms with Crippen LogP contribution < -0.4 is 5.32 Å². The van der Waals surface area contributed by atoms with Gasteiger partial charge in [-0.3, -0.25) is 9.59 Å². The number of carbonyl (C=O) groups is 2. The van der Waals surface area contributed by atoms with Crippen molar-refractivity contribution in [3.8, 4) is 0 Å². The van der Waals surface area contributed by atoms with E-state index in [9.17, 15) is 14.0 Å². The zero-order valence-electron chi connectivity index (χ0n) is 19.7. The lowest BCUT2D eigenvalue weighted by Gasteiger charge is -2.59. The first-order valence-corrected chi connectivity index (χ1v) is 12.2. The number of amides is 2. The fourth-order valence-corrected chi connectivity index (χ4v) is 8.23. The van der Waals surface area contributed by atoms with Crippen molar-refractivity contribution in [2.24, 2.45) is 34.5 Å². The Hall–Kier alpha value is -2.17. The van der Waals surface area contributed by atoms with Crippen molar-refractivity contribution in [1.29, 1.82) is 0 Å². The van der Waals surface area contributed by atoms with Crippen LogP contribution >= 0.6 is 0 Å². The number of hydrogen-bond acceptors (Lipinski definition) is 2. The average molecular weight is 439 g/mol.